The molecule has 0 atom stereocenters. The number of anilines is 1. The van der Waals surface area contributed by atoms with Gasteiger partial charge in [-0.05, 0) is 48.2 Å². The molecule has 28 heavy (non-hydrogen) atoms. The summed E-state index contributed by atoms with van der Waals surface area (Å²) in [6.07, 6.45) is 0.745. The van der Waals surface area contributed by atoms with Crippen LogP contribution in [0.25, 0.3) is 10.9 Å². The predicted octanol–water partition coefficient (Wildman–Crippen LogP) is 2.95. The van der Waals surface area contributed by atoms with Gasteiger partial charge in [-0.25, -0.2) is 4.39 Å². The molecule has 4 rings (SSSR count). The van der Waals surface area contributed by atoms with Crippen molar-refractivity contribution in [3.8, 4) is 0 Å². The maximum atomic E-state index is 13.1. The number of carbonyl (C=O) groups is 1. The Balaban J connectivity index is 1.34. The van der Waals surface area contributed by atoms with Crippen LogP contribution in [-0.2, 0) is 11.2 Å². The molecule has 6 heteroatoms. The third kappa shape index (κ3) is 3.91. The third-order valence-corrected chi connectivity index (χ3v) is 5.26. The first kappa shape index (κ1) is 18.2. The highest BCUT2D eigenvalue weighted by Crippen LogP contribution is 2.17. The van der Waals surface area contributed by atoms with E-state index in [2.05, 4.69) is 9.88 Å². The fourth-order valence-corrected chi connectivity index (χ4v) is 3.64. The van der Waals surface area contributed by atoms with Crippen LogP contribution < -0.4 is 10.5 Å². The number of piperazine rings is 1. The van der Waals surface area contributed by atoms with Crippen LogP contribution in [0.1, 0.15) is 12.0 Å². The molecule has 0 aliphatic carbocycles. The molecular weight excluding hydrogens is 357 g/mol. The number of rotatable bonds is 4. The Labute approximate surface area is 162 Å². The van der Waals surface area contributed by atoms with Crippen LogP contribution in [0.4, 0.5) is 10.1 Å². The number of nitrogens with zero attached hydrogens (tertiary/aromatic N) is 2. The number of halogens is 1. The standard InChI is InChI=1S/C22H22FN3O2/c23-18-6-8-19(9-7-18)25-11-13-26(14-12-25)21(27)10-5-17-15-16-3-1-2-4-20(16)24-22(17)28/h1-4,6-9,15H,5,10-14H2,(H,24,28). The highest BCUT2D eigenvalue weighted by atomic mass is 19.1. The van der Waals surface area contributed by atoms with Crippen molar-refractivity contribution in [2.24, 2.45) is 0 Å². The molecule has 144 valence electrons. The molecule has 0 spiro atoms. The number of aromatic amines is 1. The average Bonchev–Trinajstić information content (AvgIpc) is 2.72. The highest BCUT2D eigenvalue weighted by molar-refractivity contribution is 5.79. The van der Waals surface area contributed by atoms with Gasteiger partial charge >= 0.3 is 0 Å². The lowest BCUT2D eigenvalue weighted by atomic mass is 10.1. The number of fused-ring (bicyclic) bond motifs is 1. The second-order valence-electron chi connectivity index (χ2n) is 7.06. The first-order valence-corrected chi connectivity index (χ1v) is 9.49. The number of hydrogen-bond donors (Lipinski definition) is 1. The second-order valence-corrected chi connectivity index (χ2v) is 7.06. The van der Waals surface area contributed by atoms with Gasteiger partial charge in [-0.1, -0.05) is 18.2 Å². The maximum absolute atomic E-state index is 13.1. The molecule has 0 bridgehead atoms. The third-order valence-electron chi connectivity index (χ3n) is 5.26. The summed E-state index contributed by atoms with van der Waals surface area (Å²) < 4.78 is 13.1. The molecule has 1 aromatic heterocycles. The highest BCUT2D eigenvalue weighted by Gasteiger charge is 2.21. The fourth-order valence-electron chi connectivity index (χ4n) is 3.64. The summed E-state index contributed by atoms with van der Waals surface area (Å²) in [6.45, 7) is 2.69. The van der Waals surface area contributed by atoms with E-state index < -0.39 is 0 Å². The van der Waals surface area contributed by atoms with Crippen LogP contribution in [0.5, 0.6) is 0 Å². The van der Waals surface area contributed by atoms with E-state index in [0.717, 1.165) is 16.6 Å². The number of H-pyrrole nitrogens is 1. The second kappa shape index (κ2) is 7.84. The minimum atomic E-state index is -0.249. The van der Waals surface area contributed by atoms with Crippen LogP contribution in [0.2, 0.25) is 0 Å². The molecule has 0 radical (unpaired) electrons. The van der Waals surface area contributed by atoms with E-state index in [1.165, 1.54) is 12.1 Å². The lowest BCUT2D eigenvalue weighted by Gasteiger charge is -2.36. The summed E-state index contributed by atoms with van der Waals surface area (Å²) in [5, 5.41) is 0.970. The van der Waals surface area contributed by atoms with E-state index in [1.54, 1.807) is 12.1 Å². The molecule has 0 saturated carbocycles. The van der Waals surface area contributed by atoms with Crippen LogP contribution in [0.3, 0.4) is 0 Å². The number of hydrogen-bond acceptors (Lipinski definition) is 3. The Hall–Kier alpha value is -3.15. The topological polar surface area (TPSA) is 56.4 Å². The first-order valence-electron chi connectivity index (χ1n) is 9.49. The van der Waals surface area contributed by atoms with Gasteiger partial charge in [0.2, 0.25) is 5.91 Å². The largest absolute Gasteiger partial charge is 0.368 e. The molecular formula is C22H22FN3O2. The molecule has 3 aromatic rings. The van der Waals surface area contributed by atoms with Gasteiger partial charge in [0, 0.05) is 49.4 Å². The molecule has 1 fully saturated rings. The number of pyridine rings is 1. The summed E-state index contributed by atoms with van der Waals surface area (Å²) in [4.78, 5) is 31.7. The number of aromatic nitrogens is 1. The molecule has 1 amide bonds. The molecule has 2 aromatic carbocycles. The van der Waals surface area contributed by atoms with Crippen LogP contribution in [-0.4, -0.2) is 42.0 Å². The molecule has 1 N–H and O–H groups in total. The average molecular weight is 379 g/mol. The van der Waals surface area contributed by atoms with Crippen molar-refractivity contribution in [2.45, 2.75) is 12.8 Å². The van der Waals surface area contributed by atoms with Crippen molar-refractivity contribution >= 4 is 22.5 Å². The molecule has 0 unspecified atom stereocenters. The summed E-state index contributed by atoms with van der Waals surface area (Å²) in [5.41, 5.74) is 2.28. The van der Waals surface area contributed by atoms with Gasteiger partial charge in [0.25, 0.3) is 5.56 Å². The molecule has 1 saturated heterocycles. The van der Waals surface area contributed by atoms with Crippen molar-refractivity contribution in [1.29, 1.82) is 0 Å². The molecule has 2 heterocycles. The molecule has 5 nitrogen and oxygen atoms in total. The summed E-state index contributed by atoms with van der Waals surface area (Å²) >= 11 is 0. The first-order chi connectivity index (χ1) is 13.6. The van der Waals surface area contributed by atoms with Crippen LogP contribution in [0, 0.1) is 5.82 Å². The van der Waals surface area contributed by atoms with E-state index in [-0.39, 0.29) is 17.3 Å². The van der Waals surface area contributed by atoms with Crippen molar-refractivity contribution in [3.63, 3.8) is 0 Å². The van der Waals surface area contributed by atoms with Gasteiger partial charge in [0.05, 0.1) is 0 Å². The summed E-state index contributed by atoms with van der Waals surface area (Å²) in [7, 11) is 0. The van der Waals surface area contributed by atoms with Crippen LogP contribution >= 0.6 is 0 Å². The maximum Gasteiger partial charge on any atom is 0.251 e. The van der Waals surface area contributed by atoms with Crippen molar-refractivity contribution < 1.29 is 9.18 Å². The Bertz CT molecular complexity index is 1040. The normalized spacial score (nSPS) is 14.5. The van der Waals surface area contributed by atoms with Gasteiger partial charge in [0.1, 0.15) is 5.82 Å². The number of aryl methyl sites for hydroxylation is 1. The molecule has 1 aliphatic rings. The summed E-state index contributed by atoms with van der Waals surface area (Å²) in [6, 6.07) is 15.9. The summed E-state index contributed by atoms with van der Waals surface area (Å²) in [5.74, 6) is -0.187. The van der Waals surface area contributed by atoms with E-state index in [9.17, 15) is 14.0 Å². The van der Waals surface area contributed by atoms with E-state index in [4.69, 9.17) is 0 Å². The van der Waals surface area contributed by atoms with Gasteiger partial charge in [-0.3, -0.25) is 9.59 Å². The lowest BCUT2D eigenvalue weighted by molar-refractivity contribution is -0.131. The van der Waals surface area contributed by atoms with Crippen molar-refractivity contribution in [3.05, 3.63) is 76.3 Å². The van der Waals surface area contributed by atoms with Gasteiger partial charge in [0.15, 0.2) is 0 Å². The van der Waals surface area contributed by atoms with E-state index in [1.807, 2.05) is 35.2 Å². The fraction of sp³-hybridized carbons (Fsp3) is 0.273. The number of carbonyl (C=O) groups excluding carboxylic acids is 1. The Morgan fingerprint density at radius 2 is 1.71 bits per heavy atom. The van der Waals surface area contributed by atoms with Crippen LogP contribution in [0.15, 0.2) is 59.4 Å². The van der Waals surface area contributed by atoms with Gasteiger partial charge in [-0.15, -0.1) is 0 Å². The van der Waals surface area contributed by atoms with Crippen molar-refractivity contribution in [2.75, 3.05) is 31.1 Å². The Morgan fingerprint density at radius 3 is 2.46 bits per heavy atom. The van der Waals surface area contributed by atoms with Gasteiger partial charge < -0.3 is 14.8 Å². The zero-order chi connectivity index (χ0) is 19.5. The minimum Gasteiger partial charge on any atom is -0.368 e. The smallest absolute Gasteiger partial charge is 0.251 e. The van der Waals surface area contributed by atoms with Gasteiger partial charge in [-0.2, -0.15) is 0 Å². The van der Waals surface area contributed by atoms with Crippen molar-refractivity contribution in [1.82, 2.24) is 9.88 Å². The Kier molecular flexibility index (Phi) is 5.10. The number of para-hydroxylation sites is 1. The zero-order valence-corrected chi connectivity index (χ0v) is 15.5. The quantitative estimate of drug-likeness (QED) is 0.758. The van der Waals surface area contributed by atoms with E-state index in [0.29, 0.717) is 44.6 Å². The predicted molar refractivity (Wildman–Crippen MR) is 108 cm³/mol. The number of nitrogens with one attached hydrogen (secondary N) is 1. The number of benzene rings is 2. The lowest BCUT2D eigenvalue weighted by Crippen LogP contribution is -2.48. The zero-order valence-electron chi connectivity index (χ0n) is 15.5. The Morgan fingerprint density at radius 1 is 1.00 bits per heavy atom. The van der Waals surface area contributed by atoms with E-state index >= 15 is 0 Å². The SMILES string of the molecule is O=C(CCc1cc2ccccc2[nH]c1=O)N1CCN(c2ccc(F)cc2)CC1. The number of amides is 1. The monoisotopic (exact) mass is 379 g/mol. The molecule has 1 aliphatic heterocycles. The minimum absolute atomic E-state index is 0.0614.